The number of hydrogen-bond donors (Lipinski definition) is 2. The van der Waals surface area contributed by atoms with Gasteiger partial charge in [-0.2, -0.15) is 0 Å². The molecule has 0 radical (unpaired) electrons. The number of sulfone groups is 1. The maximum absolute atomic E-state index is 12.6. The van der Waals surface area contributed by atoms with E-state index in [9.17, 15) is 13.2 Å². The van der Waals surface area contributed by atoms with Crippen molar-refractivity contribution in [1.29, 1.82) is 0 Å². The van der Waals surface area contributed by atoms with Crippen LogP contribution >= 0.6 is 0 Å². The topological polar surface area (TPSA) is 91.9 Å². The summed E-state index contributed by atoms with van der Waals surface area (Å²) in [5, 5.41) is 3.72. The van der Waals surface area contributed by atoms with E-state index in [1.54, 1.807) is 6.07 Å². The van der Waals surface area contributed by atoms with E-state index < -0.39 is 9.84 Å². The Balaban J connectivity index is 1.92. The first-order valence-electron chi connectivity index (χ1n) is 7.33. The van der Waals surface area contributed by atoms with Gasteiger partial charge in [0.05, 0.1) is 23.0 Å². The number of carbonyl (C=O) groups excluding carboxylic acids is 1. The number of anilines is 1. The lowest BCUT2D eigenvalue weighted by Crippen LogP contribution is -2.13. The molecule has 3 rings (SSSR count). The molecule has 3 aromatic rings. The summed E-state index contributed by atoms with van der Waals surface area (Å²) in [4.78, 5) is 19.7. The number of carbonyl (C=O) groups is 1. The Morgan fingerprint density at radius 1 is 1.17 bits per heavy atom. The van der Waals surface area contributed by atoms with E-state index in [0.717, 1.165) is 28.4 Å². The molecule has 2 aromatic heterocycles. The number of aryl methyl sites for hydroxylation is 2. The first-order valence-corrected chi connectivity index (χ1v) is 9.22. The number of amides is 1. The van der Waals surface area contributed by atoms with Crippen molar-refractivity contribution in [3.05, 3.63) is 53.3 Å². The van der Waals surface area contributed by atoms with Gasteiger partial charge in [-0.15, -0.1) is 0 Å². The van der Waals surface area contributed by atoms with E-state index in [0.29, 0.717) is 11.3 Å². The Kier molecular flexibility index (Phi) is 3.88. The third kappa shape index (κ3) is 2.90. The fourth-order valence-electron chi connectivity index (χ4n) is 2.54. The van der Waals surface area contributed by atoms with Crippen LogP contribution in [-0.2, 0) is 9.84 Å². The normalized spacial score (nSPS) is 11.6. The number of rotatable bonds is 3. The fourth-order valence-corrected chi connectivity index (χ4v) is 3.10. The van der Waals surface area contributed by atoms with Crippen LogP contribution in [0.4, 0.5) is 5.69 Å². The van der Waals surface area contributed by atoms with Gasteiger partial charge in [0.15, 0.2) is 14.9 Å². The Hall–Kier alpha value is -2.67. The molecule has 0 unspecified atom stereocenters. The highest BCUT2D eigenvalue weighted by molar-refractivity contribution is 7.90. The van der Waals surface area contributed by atoms with Gasteiger partial charge in [0, 0.05) is 17.3 Å². The SMILES string of the molecule is Cc1[nH]c2c(C(=O)Nc3ccc(S(C)(=O)=O)nc3)cccc2c1C. The number of pyridine rings is 1. The average molecular weight is 343 g/mol. The van der Waals surface area contributed by atoms with Crippen LogP contribution in [0.5, 0.6) is 0 Å². The lowest BCUT2D eigenvalue weighted by atomic mass is 10.1. The number of nitrogens with zero attached hydrogens (tertiary/aromatic N) is 1. The molecule has 2 heterocycles. The highest BCUT2D eigenvalue weighted by Gasteiger charge is 2.15. The summed E-state index contributed by atoms with van der Waals surface area (Å²) in [6.07, 6.45) is 2.42. The molecule has 7 heteroatoms. The van der Waals surface area contributed by atoms with Crippen molar-refractivity contribution >= 4 is 32.3 Å². The third-order valence-electron chi connectivity index (χ3n) is 3.96. The number of aromatic nitrogens is 2. The van der Waals surface area contributed by atoms with Crippen LogP contribution in [0, 0.1) is 13.8 Å². The van der Waals surface area contributed by atoms with Crippen LogP contribution in [0.25, 0.3) is 10.9 Å². The van der Waals surface area contributed by atoms with Crippen LogP contribution in [-0.4, -0.2) is 30.5 Å². The molecule has 0 bridgehead atoms. The second kappa shape index (κ2) is 5.76. The first kappa shape index (κ1) is 16.2. The van der Waals surface area contributed by atoms with E-state index in [-0.39, 0.29) is 10.9 Å². The second-order valence-electron chi connectivity index (χ2n) is 5.71. The molecule has 6 nitrogen and oxygen atoms in total. The lowest BCUT2D eigenvalue weighted by Gasteiger charge is -2.07. The van der Waals surface area contributed by atoms with Crippen molar-refractivity contribution in [3.63, 3.8) is 0 Å². The number of benzene rings is 1. The van der Waals surface area contributed by atoms with Crippen molar-refractivity contribution in [3.8, 4) is 0 Å². The van der Waals surface area contributed by atoms with Gasteiger partial charge in [-0.25, -0.2) is 13.4 Å². The number of H-pyrrole nitrogens is 1. The predicted octanol–water partition coefficient (Wildman–Crippen LogP) is 2.84. The zero-order valence-electron chi connectivity index (χ0n) is 13.5. The molecule has 0 aliphatic carbocycles. The van der Waals surface area contributed by atoms with Crippen LogP contribution in [0.1, 0.15) is 21.6 Å². The minimum Gasteiger partial charge on any atom is -0.358 e. The molecule has 0 aliphatic heterocycles. The Morgan fingerprint density at radius 3 is 2.54 bits per heavy atom. The molecule has 0 spiro atoms. The summed E-state index contributed by atoms with van der Waals surface area (Å²) in [5.41, 5.74) is 3.87. The number of aromatic amines is 1. The standard InChI is InChI=1S/C17H17N3O3S/c1-10-11(2)19-16-13(10)5-4-6-14(16)17(21)20-12-7-8-15(18-9-12)24(3,22)23/h4-9,19H,1-3H3,(H,20,21). The minimum absolute atomic E-state index is 0.0294. The quantitative estimate of drug-likeness (QED) is 0.765. The summed E-state index contributed by atoms with van der Waals surface area (Å²) in [5.74, 6) is -0.282. The fraction of sp³-hybridized carbons (Fsp3) is 0.176. The van der Waals surface area contributed by atoms with Crippen molar-refractivity contribution in [1.82, 2.24) is 9.97 Å². The Bertz CT molecular complexity index is 1030. The molecule has 0 saturated carbocycles. The van der Waals surface area contributed by atoms with E-state index >= 15 is 0 Å². The lowest BCUT2D eigenvalue weighted by molar-refractivity contribution is 0.102. The van der Waals surface area contributed by atoms with Crippen LogP contribution in [0.2, 0.25) is 0 Å². The van der Waals surface area contributed by atoms with Crippen molar-refractivity contribution in [2.24, 2.45) is 0 Å². The summed E-state index contributed by atoms with van der Waals surface area (Å²) in [6.45, 7) is 3.97. The number of para-hydroxylation sites is 1. The molecule has 24 heavy (non-hydrogen) atoms. The van der Waals surface area contributed by atoms with E-state index in [1.807, 2.05) is 26.0 Å². The predicted molar refractivity (Wildman–Crippen MR) is 93.1 cm³/mol. The molecule has 0 saturated heterocycles. The van der Waals surface area contributed by atoms with Gasteiger partial charge in [0.2, 0.25) is 0 Å². The first-order chi connectivity index (χ1) is 11.3. The summed E-state index contributed by atoms with van der Waals surface area (Å²) in [6, 6.07) is 8.43. The summed E-state index contributed by atoms with van der Waals surface area (Å²) >= 11 is 0. The molecule has 1 amide bonds. The van der Waals surface area contributed by atoms with Crippen molar-refractivity contribution < 1.29 is 13.2 Å². The smallest absolute Gasteiger partial charge is 0.257 e. The zero-order chi connectivity index (χ0) is 17.5. The maximum atomic E-state index is 12.6. The van der Waals surface area contributed by atoms with Gasteiger partial charge in [-0.05, 0) is 37.6 Å². The third-order valence-corrected chi connectivity index (χ3v) is 4.96. The minimum atomic E-state index is -3.36. The monoisotopic (exact) mass is 343 g/mol. The van der Waals surface area contributed by atoms with E-state index in [1.165, 1.54) is 18.3 Å². The summed E-state index contributed by atoms with van der Waals surface area (Å²) in [7, 11) is -3.36. The van der Waals surface area contributed by atoms with Crippen LogP contribution < -0.4 is 5.32 Å². The van der Waals surface area contributed by atoms with Gasteiger partial charge < -0.3 is 10.3 Å². The molecule has 124 valence electrons. The highest BCUT2D eigenvalue weighted by atomic mass is 32.2. The van der Waals surface area contributed by atoms with Gasteiger partial charge in [-0.1, -0.05) is 12.1 Å². The zero-order valence-corrected chi connectivity index (χ0v) is 14.4. The van der Waals surface area contributed by atoms with E-state index in [2.05, 4.69) is 15.3 Å². The number of hydrogen-bond acceptors (Lipinski definition) is 4. The molecule has 1 aromatic carbocycles. The van der Waals surface area contributed by atoms with E-state index in [4.69, 9.17) is 0 Å². The van der Waals surface area contributed by atoms with Crippen molar-refractivity contribution in [2.45, 2.75) is 18.9 Å². The van der Waals surface area contributed by atoms with Gasteiger partial charge in [0.25, 0.3) is 5.91 Å². The molecular formula is C17H17N3O3S. The second-order valence-corrected chi connectivity index (χ2v) is 7.68. The average Bonchev–Trinajstić information content (AvgIpc) is 2.82. The molecule has 2 N–H and O–H groups in total. The molecule has 0 fully saturated rings. The van der Waals surface area contributed by atoms with Crippen molar-refractivity contribution in [2.75, 3.05) is 11.6 Å². The molecule has 0 atom stereocenters. The largest absolute Gasteiger partial charge is 0.358 e. The Morgan fingerprint density at radius 2 is 1.92 bits per heavy atom. The molecular weight excluding hydrogens is 326 g/mol. The number of nitrogens with one attached hydrogen (secondary N) is 2. The van der Waals surface area contributed by atoms with Crippen LogP contribution in [0.3, 0.4) is 0 Å². The van der Waals surface area contributed by atoms with Gasteiger partial charge in [0.1, 0.15) is 0 Å². The van der Waals surface area contributed by atoms with Crippen LogP contribution in [0.15, 0.2) is 41.6 Å². The maximum Gasteiger partial charge on any atom is 0.257 e. The molecule has 0 aliphatic rings. The summed E-state index contributed by atoms with van der Waals surface area (Å²) < 4.78 is 22.8. The van der Waals surface area contributed by atoms with Gasteiger partial charge in [-0.3, -0.25) is 4.79 Å². The highest BCUT2D eigenvalue weighted by Crippen LogP contribution is 2.24. The number of fused-ring (bicyclic) bond motifs is 1. The van der Waals surface area contributed by atoms with Gasteiger partial charge >= 0.3 is 0 Å². The Labute approximate surface area is 139 Å².